The van der Waals surface area contributed by atoms with E-state index in [1.165, 1.54) is 6.42 Å². The van der Waals surface area contributed by atoms with Crippen LogP contribution in [0, 0.1) is 0 Å². The SMILES string of the molecule is CC(C)c1cnnc(Nc2ccc3ncc(-c4cnn(CCCN5CC6CC(C5)O6)c4)cc3n2)c1.COCCn1cc(-c2cnc3ccc(Nc4cc(C(C)C)cnn4)nc3c2)cn1. The zero-order valence-corrected chi connectivity index (χ0v) is 36.8. The molecule has 0 spiro atoms. The fourth-order valence-electron chi connectivity index (χ4n) is 7.78. The van der Waals surface area contributed by atoms with Gasteiger partial charge < -0.3 is 20.1 Å². The van der Waals surface area contributed by atoms with Crippen LogP contribution in [0.15, 0.2) is 98.1 Å². The summed E-state index contributed by atoms with van der Waals surface area (Å²) in [6, 6.07) is 15.8. The van der Waals surface area contributed by atoms with E-state index in [0.29, 0.717) is 60.5 Å². The lowest BCUT2D eigenvalue weighted by atomic mass is 9.99. The first-order valence-corrected chi connectivity index (χ1v) is 21.9. The molecule has 0 saturated carbocycles. The lowest BCUT2D eigenvalue weighted by molar-refractivity contribution is -0.180. The highest BCUT2D eigenvalue weighted by molar-refractivity contribution is 5.83. The maximum atomic E-state index is 5.72. The van der Waals surface area contributed by atoms with Gasteiger partial charge in [0, 0.05) is 86.8 Å². The Morgan fingerprint density at radius 1 is 0.609 bits per heavy atom. The highest BCUT2D eigenvalue weighted by atomic mass is 16.5. The van der Waals surface area contributed by atoms with Crippen LogP contribution in [0.5, 0.6) is 0 Å². The molecule has 0 radical (unpaired) electrons. The van der Waals surface area contributed by atoms with E-state index in [2.05, 4.69) is 96.1 Å². The number of rotatable bonds is 15. The number of piperidine rings is 1. The van der Waals surface area contributed by atoms with Crippen LogP contribution in [0.4, 0.5) is 23.3 Å². The molecular weight excluding hydrogens is 807 g/mol. The molecule has 3 aliphatic rings. The summed E-state index contributed by atoms with van der Waals surface area (Å²) >= 11 is 0. The van der Waals surface area contributed by atoms with E-state index >= 15 is 0 Å². The third-order valence-electron chi connectivity index (χ3n) is 11.4. The largest absolute Gasteiger partial charge is 0.383 e. The third-order valence-corrected chi connectivity index (χ3v) is 11.4. The van der Waals surface area contributed by atoms with E-state index in [4.69, 9.17) is 19.4 Å². The second kappa shape index (κ2) is 19.3. The van der Waals surface area contributed by atoms with E-state index < -0.39 is 0 Å². The maximum Gasteiger partial charge on any atom is 0.154 e. The van der Waals surface area contributed by atoms with Gasteiger partial charge in [0.2, 0.25) is 0 Å². The van der Waals surface area contributed by atoms with E-state index in [1.54, 1.807) is 19.5 Å². The smallest absolute Gasteiger partial charge is 0.154 e. The van der Waals surface area contributed by atoms with Gasteiger partial charge in [0.1, 0.15) is 11.6 Å². The zero-order chi connectivity index (χ0) is 44.0. The number of aromatic nitrogens is 12. The number of hydrogen-bond acceptors (Lipinski definition) is 15. The van der Waals surface area contributed by atoms with E-state index in [9.17, 15) is 0 Å². The Kier molecular flexibility index (Phi) is 12.8. The molecule has 3 aliphatic heterocycles. The third kappa shape index (κ3) is 10.3. The standard InChI is InChI=1S/C26H30N8O.C21H23N7O/c1-17(2)18-9-26(32-28-12-18)31-25-5-4-23-24(30-25)8-19(11-27-23)20-13-29-34(14-20)7-3-6-33-15-21-10-22(16-33)35-21;1-14(2)15-9-21(27-23-11-15)26-20-5-4-18-19(25-20)8-16(10-22-18)17-12-24-28(13-17)6-7-29-3/h4-5,8-9,11-14,17,21-22H,3,6-7,10,15-16H2,1-2H3,(H,30,31,32);4-5,8-14H,6-7H2,1-3H3,(H,25,26,27). The number of hydrogen-bond donors (Lipinski definition) is 2. The molecular formula is C47H53N15O2. The summed E-state index contributed by atoms with van der Waals surface area (Å²) < 4.78 is 14.7. The molecule has 0 aliphatic carbocycles. The van der Waals surface area contributed by atoms with Crippen molar-refractivity contribution in [2.24, 2.45) is 0 Å². The average Bonchev–Trinajstić information content (AvgIpc) is 3.99. The second-order valence-corrected chi connectivity index (χ2v) is 16.9. The predicted octanol–water partition coefficient (Wildman–Crippen LogP) is 7.81. The van der Waals surface area contributed by atoms with Gasteiger partial charge in [-0.05, 0) is 77.9 Å². The molecule has 0 amide bonds. The molecule has 17 nitrogen and oxygen atoms in total. The number of nitrogens with one attached hydrogen (secondary N) is 2. The van der Waals surface area contributed by atoms with Crippen LogP contribution in [-0.2, 0) is 22.6 Å². The zero-order valence-electron chi connectivity index (χ0n) is 36.8. The molecule has 328 valence electrons. The minimum Gasteiger partial charge on any atom is -0.383 e. The van der Waals surface area contributed by atoms with Crippen molar-refractivity contribution in [3.8, 4) is 22.3 Å². The number of methoxy groups -OCH3 is 1. The first-order chi connectivity index (χ1) is 31.2. The molecule has 3 fully saturated rings. The van der Waals surface area contributed by atoms with Crippen LogP contribution in [-0.4, -0.2) is 110 Å². The minimum atomic E-state index is 0.382. The van der Waals surface area contributed by atoms with Crippen molar-refractivity contribution < 1.29 is 9.47 Å². The summed E-state index contributed by atoms with van der Waals surface area (Å²) in [5, 5.41) is 32.0. The topological polar surface area (TPSA) is 185 Å². The molecule has 17 heteroatoms. The van der Waals surface area contributed by atoms with Gasteiger partial charge in [-0.3, -0.25) is 24.2 Å². The summed E-state index contributed by atoms with van der Waals surface area (Å²) in [5.41, 5.74) is 9.54. The van der Waals surface area contributed by atoms with Crippen molar-refractivity contribution in [2.75, 3.05) is 44.0 Å². The Hall–Kier alpha value is -6.82. The molecule has 11 heterocycles. The van der Waals surface area contributed by atoms with Crippen molar-refractivity contribution in [3.63, 3.8) is 0 Å². The monoisotopic (exact) mass is 859 g/mol. The van der Waals surface area contributed by atoms with Crippen LogP contribution in [0.1, 0.15) is 63.5 Å². The van der Waals surface area contributed by atoms with Gasteiger partial charge in [-0.15, -0.1) is 10.2 Å². The van der Waals surface area contributed by atoms with Crippen molar-refractivity contribution in [2.45, 2.75) is 77.7 Å². The van der Waals surface area contributed by atoms with Gasteiger partial charge in [-0.25, -0.2) is 9.97 Å². The van der Waals surface area contributed by atoms with Gasteiger partial charge in [-0.1, -0.05) is 27.7 Å². The van der Waals surface area contributed by atoms with Crippen molar-refractivity contribution in [1.82, 2.24) is 64.8 Å². The van der Waals surface area contributed by atoms with Gasteiger partial charge in [0.25, 0.3) is 0 Å². The number of aryl methyl sites for hydroxylation is 1. The van der Waals surface area contributed by atoms with Gasteiger partial charge in [0.05, 0.1) is 72.2 Å². The first-order valence-electron chi connectivity index (χ1n) is 21.9. The molecule has 2 bridgehead atoms. The second-order valence-electron chi connectivity index (χ2n) is 16.9. The minimum absolute atomic E-state index is 0.382. The predicted molar refractivity (Wildman–Crippen MR) is 247 cm³/mol. The van der Waals surface area contributed by atoms with Crippen LogP contribution in [0.3, 0.4) is 0 Å². The quantitative estimate of drug-likeness (QED) is 0.102. The number of pyridine rings is 4. The van der Waals surface area contributed by atoms with E-state index in [-0.39, 0.29) is 0 Å². The Morgan fingerprint density at radius 2 is 1.12 bits per heavy atom. The summed E-state index contributed by atoms with van der Waals surface area (Å²) in [6.45, 7) is 14.0. The molecule has 2 N–H and O–H groups in total. The van der Waals surface area contributed by atoms with Crippen molar-refractivity contribution in [1.29, 1.82) is 0 Å². The average molecular weight is 860 g/mol. The molecule has 8 aromatic heterocycles. The highest BCUT2D eigenvalue weighted by Crippen LogP contribution is 2.29. The first kappa shape index (κ1) is 42.5. The number of fused-ring (bicyclic) bond motifs is 4. The van der Waals surface area contributed by atoms with Gasteiger partial charge in [-0.2, -0.15) is 20.4 Å². The fraction of sp³-hybridized carbons (Fsp3) is 0.362. The molecule has 2 unspecified atom stereocenters. The highest BCUT2D eigenvalue weighted by Gasteiger charge is 2.37. The number of ether oxygens (including phenoxy) is 2. The number of nitrogens with zero attached hydrogens (tertiary/aromatic N) is 13. The molecule has 11 rings (SSSR count). The Morgan fingerprint density at radius 3 is 1.62 bits per heavy atom. The summed E-state index contributed by atoms with van der Waals surface area (Å²) in [4.78, 5) is 21.1. The molecule has 3 saturated heterocycles. The van der Waals surface area contributed by atoms with Crippen LogP contribution < -0.4 is 10.6 Å². The Labute approximate surface area is 371 Å². The fourth-order valence-corrected chi connectivity index (χ4v) is 7.78. The van der Waals surface area contributed by atoms with E-state index in [1.807, 2.05) is 82.8 Å². The Bertz CT molecular complexity index is 2830. The lowest BCUT2D eigenvalue weighted by Crippen LogP contribution is -2.57. The molecule has 8 aromatic rings. The number of morpholine rings is 1. The normalized spacial score (nSPS) is 15.9. The summed E-state index contributed by atoms with van der Waals surface area (Å²) in [5.74, 6) is 3.53. The molecule has 2 atom stereocenters. The number of anilines is 4. The van der Waals surface area contributed by atoms with E-state index in [0.717, 1.165) is 88.0 Å². The summed E-state index contributed by atoms with van der Waals surface area (Å²) in [6.07, 6.45) is 18.4. The van der Waals surface area contributed by atoms with Gasteiger partial charge in [0.15, 0.2) is 11.6 Å². The van der Waals surface area contributed by atoms with Crippen molar-refractivity contribution in [3.05, 3.63) is 109 Å². The van der Waals surface area contributed by atoms with Crippen LogP contribution in [0.25, 0.3) is 44.3 Å². The maximum absolute atomic E-state index is 5.72. The summed E-state index contributed by atoms with van der Waals surface area (Å²) in [7, 11) is 1.68. The Balaban J connectivity index is 0.000000165. The lowest BCUT2D eigenvalue weighted by Gasteiger charge is -2.47. The van der Waals surface area contributed by atoms with Crippen LogP contribution in [0.2, 0.25) is 0 Å². The van der Waals surface area contributed by atoms with Gasteiger partial charge >= 0.3 is 0 Å². The van der Waals surface area contributed by atoms with Crippen LogP contribution >= 0.6 is 0 Å². The molecule has 0 aromatic carbocycles. The van der Waals surface area contributed by atoms with Crippen molar-refractivity contribution >= 4 is 45.3 Å². The molecule has 64 heavy (non-hydrogen) atoms.